The number of ketones is 1. The van der Waals surface area contributed by atoms with E-state index in [4.69, 9.17) is 9.15 Å². The van der Waals surface area contributed by atoms with Gasteiger partial charge in [-0.1, -0.05) is 12.8 Å². The molecule has 1 fully saturated rings. The number of Topliss-reactive ketones (excluding diaryl/α,β-unsaturated/α-hetero) is 1. The molecule has 0 amide bonds. The fourth-order valence-electron chi connectivity index (χ4n) is 2.80. The average molecular weight is 272 g/mol. The van der Waals surface area contributed by atoms with E-state index in [1.54, 1.807) is 31.4 Å². The van der Waals surface area contributed by atoms with Gasteiger partial charge in [0.1, 0.15) is 16.9 Å². The molecule has 1 aliphatic carbocycles. The summed E-state index contributed by atoms with van der Waals surface area (Å²) in [5.41, 5.74) is 0.0644. The fraction of sp³-hybridized carbons (Fsp3) is 0.375. The van der Waals surface area contributed by atoms with Crippen LogP contribution in [-0.2, 0) is 0 Å². The van der Waals surface area contributed by atoms with Crippen LogP contribution in [0.2, 0.25) is 0 Å². The predicted octanol–water partition coefficient (Wildman–Crippen LogP) is 3.17. The number of carbonyl (C=O) groups excluding carboxylic acids is 1. The van der Waals surface area contributed by atoms with Crippen LogP contribution in [0.25, 0.3) is 11.0 Å². The highest BCUT2D eigenvalue weighted by atomic mass is 16.5. The van der Waals surface area contributed by atoms with Gasteiger partial charge in [0, 0.05) is 17.4 Å². The van der Waals surface area contributed by atoms with Gasteiger partial charge in [-0.05, 0) is 31.0 Å². The number of fused-ring (bicyclic) bond motifs is 1. The van der Waals surface area contributed by atoms with Crippen LogP contribution in [0.4, 0.5) is 0 Å². The Morgan fingerprint density at radius 1 is 1.25 bits per heavy atom. The van der Waals surface area contributed by atoms with Crippen LogP contribution in [-0.4, -0.2) is 12.9 Å². The van der Waals surface area contributed by atoms with Crippen LogP contribution in [0.1, 0.15) is 36.0 Å². The van der Waals surface area contributed by atoms with Gasteiger partial charge in [0.15, 0.2) is 5.78 Å². The molecule has 0 spiro atoms. The summed E-state index contributed by atoms with van der Waals surface area (Å²) in [5.74, 6) is 0.526. The third-order valence-electron chi connectivity index (χ3n) is 3.93. The summed E-state index contributed by atoms with van der Waals surface area (Å²) < 4.78 is 10.4. The molecule has 0 unspecified atom stereocenters. The van der Waals surface area contributed by atoms with Crippen molar-refractivity contribution in [1.82, 2.24) is 0 Å². The smallest absolute Gasteiger partial charge is 0.347 e. The molecule has 1 aromatic heterocycles. The summed E-state index contributed by atoms with van der Waals surface area (Å²) in [6, 6.07) is 6.87. The maximum atomic E-state index is 12.3. The van der Waals surface area contributed by atoms with E-state index in [0.29, 0.717) is 11.3 Å². The van der Waals surface area contributed by atoms with Gasteiger partial charge in [-0.15, -0.1) is 0 Å². The van der Waals surface area contributed by atoms with Gasteiger partial charge >= 0.3 is 5.63 Å². The van der Waals surface area contributed by atoms with E-state index in [-0.39, 0.29) is 17.3 Å². The molecule has 0 aliphatic heterocycles. The Kier molecular flexibility index (Phi) is 3.30. The SMILES string of the molecule is COc1ccc2cc(C(=O)C3CCCC3)c(=O)oc2c1. The first-order valence-electron chi connectivity index (χ1n) is 6.85. The molecule has 0 radical (unpaired) electrons. The summed E-state index contributed by atoms with van der Waals surface area (Å²) in [4.78, 5) is 24.4. The van der Waals surface area contributed by atoms with Crippen molar-refractivity contribution in [2.45, 2.75) is 25.7 Å². The molecule has 4 nitrogen and oxygen atoms in total. The van der Waals surface area contributed by atoms with Crippen LogP contribution < -0.4 is 10.4 Å². The summed E-state index contributed by atoms with van der Waals surface area (Å²) >= 11 is 0. The fourth-order valence-corrected chi connectivity index (χ4v) is 2.80. The Balaban J connectivity index is 2.05. The number of hydrogen-bond donors (Lipinski definition) is 0. The van der Waals surface area contributed by atoms with Crippen LogP contribution >= 0.6 is 0 Å². The van der Waals surface area contributed by atoms with E-state index in [0.717, 1.165) is 31.1 Å². The van der Waals surface area contributed by atoms with Gasteiger partial charge in [-0.25, -0.2) is 4.79 Å². The lowest BCUT2D eigenvalue weighted by Crippen LogP contribution is -2.19. The first-order chi connectivity index (χ1) is 9.69. The van der Waals surface area contributed by atoms with E-state index >= 15 is 0 Å². The minimum absolute atomic E-state index is 0.0198. The van der Waals surface area contributed by atoms with Crippen molar-refractivity contribution in [2.24, 2.45) is 5.92 Å². The second kappa shape index (κ2) is 5.12. The lowest BCUT2D eigenvalue weighted by atomic mass is 9.97. The quantitative estimate of drug-likeness (QED) is 0.636. The number of methoxy groups -OCH3 is 1. The lowest BCUT2D eigenvalue weighted by Gasteiger charge is -2.07. The van der Waals surface area contributed by atoms with E-state index in [2.05, 4.69) is 0 Å². The molecule has 1 saturated carbocycles. The second-order valence-corrected chi connectivity index (χ2v) is 5.20. The molecule has 20 heavy (non-hydrogen) atoms. The van der Waals surface area contributed by atoms with Crippen molar-refractivity contribution >= 4 is 16.8 Å². The number of hydrogen-bond acceptors (Lipinski definition) is 4. The third-order valence-corrected chi connectivity index (χ3v) is 3.93. The highest BCUT2D eigenvalue weighted by Gasteiger charge is 2.26. The second-order valence-electron chi connectivity index (χ2n) is 5.20. The zero-order valence-electron chi connectivity index (χ0n) is 11.3. The molecule has 3 rings (SSSR count). The van der Waals surface area contributed by atoms with Crippen LogP contribution in [0.5, 0.6) is 5.75 Å². The molecule has 0 bridgehead atoms. The molecule has 2 aromatic rings. The summed E-state index contributed by atoms with van der Waals surface area (Å²) in [7, 11) is 1.55. The van der Waals surface area contributed by atoms with Crippen LogP contribution in [0, 0.1) is 5.92 Å². The molecular formula is C16H16O4. The van der Waals surface area contributed by atoms with Gasteiger partial charge in [0.05, 0.1) is 7.11 Å². The van der Waals surface area contributed by atoms with Crippen molar-refractivity contribution in [3.8, 4) is 5.75 Å². The van der Waals surface area contributed by atoms with Gasteiger partial charge < -0.3 is 9.15 Å². The highest BCUT2D eigenvalue weighted by Crippen LogP contribution is 2.28. The third kappa shape index (κ3) is 2.22. The Labute approximate surface area is 116 Å². The average Bonchev–Trinajstić information content (AvgIpc) is 2.99. The molecular weight excluding hydrogens is 256 g/mol. The Morgan fingerprint density at radius 3 is 2.70 bits per heavy atom. The van der Waals surface area contributed by atoms with Gasteiger partial charge in [0.2, 0.25) is 0 Å². The molecule has 0 saturated heterocycles. The van der Waals surface area contributed by atoms with Gasteiger partial charge in [-0.2, -0.15) is 0 Å². The zero-order valence-corrected chi connectivity index (χ0v) is 11.3. The molecule has 0 N–H and O–H groups in total. The summed E-state index contributed by atoms with van der Waals surface area (Å²) in [6.07, 6.45) is 3.87. The Morgan fingerprint density at radius 2 is 2.00 bits per heavy atom. The van der Waals surface area contributed by atoms with E-state index < -0.39 is 5.63 Å². The van der Waals surface area contributed by atoms with Crippen molar-refractivity contribution < 1.29 is 13.9 Å². The van der Waals surface area contributed by atoms with Gasteiger partial charge in [-0.3, -0.25) is 4.79 Å². The highest BCUT2D eigenvalue weighted by molar-refractivity contribution is 5.99. The maximum absolute atomic E-state index is 12.3. The molecule has 1 aromatic carbocycles. The normalized spacial score (nSPS) is 15.7. The zero-order chi connectivity index (χ0) is 14.1. The van der Waals surface area contributed by atoms with Crippen molar-refractivity contribution in [3.63, 3.8) is 0 Å². The van der Waals surface area contributed by atoms with Crippen molar-refractivity contribution in [2.75, 3.05) is 7.11 Å². The van der Waals surface area contributed by atoms with Crippen molar-refractivity contribution in [3.05, 3.63) is 40.2 Å². The number of ether oxygens (including phenoxy) is 1. The van der Waals surface area contributed by atoms with E-state index in [9.17, 15) is 9.59 Å². The van der Waals surface area contributed by atoms with Crippen LogP contribution in [0.15, 0.2) is 33.5 Å². The van der Waals surface area contributed by atoms with Crippen molar-refractivity contribution in [1.29, 1.82) is 0 Å². The monoisotopic (exact) mass is 272 g/mol. The predicted molar refractivity (Wildman–Crippen MR) is 75.3 cm³/mol. The topological polar surface area (TPSA) is 56.5 Å². The van der Waals surface area contributed by atoms with Crippen LogP contribution in [0.3, 0.4) is 0 Å². The lowest BCUT2D eigenvalue weighted by molar-refractivity contribution is 0.0919. The minimum Gasteiger partial charge on any atom is -0.497 e. The Bertz CT molecular complexity index is 708. The number of benzene rings is 1. The number of carbonyl (C=O) groups is 1. The molecule has 1 aliphatic rings. The largest absolute Gasteiger partial charge is 0.497 e. The van der Waals surface area contributed by atoms with E-state index in [1.807, 2.05) is 0 Å². The van der Waals surface area contributed by atoms with Gasteiger partial charge in [0.25, 0.3) is 0 Å². The number of rotatable bonds is 3. The first-order valence-corrected chi connectivity index (χ1v) is 6.85. The molecule has 4 heteroatoms. The minimum atomic E-state index is -0.553. The summed E-state index contributed by atoms with van der Waals surface area (Å²) in [6.45, 7) is 0. The molecule has 0 atom stereocenters. The first kappa shape index (κ1) is 12.9. The standard InChI is InChI=1S/C16H16O4/c1-19-12-7-6-11-8-13(16(18)20-14(11)9-12)15(17)10-4-2-3-5-10/h6-10H,2-5H2,1H3. The molecule has 104 valence electrons. The summed E-state index contributed by atoms with van der Waals surface area (Å²) in [5, 5.41) is 0.742. The maximum Gasteiger partial charge on any atom is 0.347 e. The Hall–Kier alpha value is -2.10. The molecule has 1 heterocycles. The van der Waals surface area contributed by atoms with E-state index in [1.165, 1.54) is 0 Å².